The molecule has 164 valence electrons. The van der Waals surface area contributed by atoms with E-state index in [1.165, 1.54) is 16.9 Å². The van der Waals surface area contributed by atoms with Crippen molar-refractivity contribution >= 4 is 29.1 Å². The topological polar surface area (TPSA) is 74.1 Å². The molecule has 1 aliphatic heterocycles. The second-order valence-electron chi connectivity index (χ2n) is 7.46. The molecule has 3 rings (SSSR count). The zero-order valence-electron chi connectivity index (χ0n) is 18.0. The van der Waals surface area contributed by atoms with Crippen LogP contribution in [-0.2, 0) is 9.59 Å². The first-order valence-electron chi connectivity index (χ1n) is 10.4. The first-order chi connectivity index (χ1) is 14.9. The number of carbonyl (C=O) groups excluding carboxylic acids is 2. The zero-order valence-corrected chi connectivity index (χ0v) is 18.7. The number of hydrogen-bond donors (Lipinski definition) is 1. The van der Waals surface area contributed by atoms with Gasteiger partial charge in [-0.05, 0) is 49.2 Å². The summed E-state index contributed by atoms with van der Waals surface area (Å²) in [5.74, 6) is -1.22. The van der Waals surface area contributed by atoms with Gasteiger partial charge in [-0.3, -0.25) is 9.59 Å². The predicted octanol–water partition coefficient (Wildman–Crippen LogP) is 1.50. The highest BCUT2D eigenvalue weighted by Crippen LogP contribution is 2.38. The van der Waals surface area contributed by atoms with Crippen LogP contribution >= 0.6 is 11.6 Å². The van der Waals surface area contributed by atoms with Crippen molar-refractivity contribution in [1.82, 2.24) is 4.90 Å². The van der Waals surface area contributed by atoms with E-state index in [2.05, 4.69) is 13.8 Å². The third-order valence-corrected chi connectivity index (χ3v) is 6.03. The summed E-state index contributed by atoms with van der Waals surface area (Å²) >= 11 is 6.04. The van der Waals surface area contributed by atoms with Crippen LogP contribution in [0.25, 0.3) is 5.76 Å². The number of carbonyl (C=O) groups is 2. The summed E-state index contributed by atoms with van der Waals surface area (Å²) in [6.07, 6.45) is 0. The van der Waals surface area contributed by atoms with Crippen molar-refractivity contribution in [1.29, 1.82) is 0 Å². The van der Waals surface area contributed by atoms with E-state index in [0.29, 0.717) is 35.0 Å². The van der Waals surface area contributed by atoms with Gasteiger partial charge in [-0.1, -0.05) is 41.6 Å². The number of likely N-dealkylation sites (N-methyl/N-ethyl adjacent to an activating group) is 1. The van der Waals surface area contributed by atoms with Crippen molar-refractivity contribution < 1.29 is 24.3 Å². The number of nitrogens with one attached hydrogen (secondary N) is 1. The summed E-state index contributed by atoms with van der Waals surface area (Å²) < 4.78 is 5.14. The number of hydrogen-bond acceptors (Lipinski definition) is 4. The van der Waals surface area contributed by atoms with E-state index in [9.17, 15) is 14.7 Å². The lowest BCUT2D eigenvalue weighted by atomic mass is 9.95. The zero-order chi connectivity index (χ0) is 22.5. The Balaban J connectivity index is 2.07. The van der Waals surface area contributed by atoms with Gasteiger partial charge >= 0.3 is 0 Å². The Bertz CT molecular complexity index is 966. The molecule has 31 heavy (non-hydrogen) atoms. The second kappa shape index (κ2) is 9.98. The lowest BCUT2D eigenvalue weighted by Crippen LogP contribution is -3.12. The molecule has 7 heteroatoms. The SMILES string of the molecule is CC[NH+](CC)CCN1C(=O)C(=O)/C(=C(/[O-])c2ccc(OC)cc2)C1c1ccc(Cl)cc1. The molecule has 1 saturated heterocycles. The van der Waals surface area contributed by atoms with Gasteiger partial charge in [0.05, 0.1) is 39.3 Å². The highest BCUT2D eigenvalue weighted by molar-refractivity contribution is 6.46. The van der Waals surface area contributed by atoms with Gasteiger partial charge in [0.1, 0.15) is 5.75 Å². The smallest absolute Gasteiger partial charge is 0.295 e. The Labute approximate surface area is 187 Å². The van der Waals surface area contributed by atoms with E-state index >= 15 is 0 Å². The fraction of sp³-hybridized carbons (Fsp3) is 0.333. The van der Waals surface area contributed by atoms with Crippen LogP contribution in [0.2, 0.25) is 5.02 Å². The van der Waals surface area contributed by atoms with Crippen molar-refractivity contribution in [3.63, 3.8) is 0 Å². The van der Waals surface area contributed by atoms with Gasteiger partial charge in [0.25, 0.3) is 5.91 Å². The first-order valence-corrected chi connectivity index (χ1v) is 10.8. The van der Waals surface area contributed by atoms with Crippen LogP contribution in [-0.4, -0.2) is 49.9 Å². The van der Waals surface area contributed by atoms with Gasteiger partial charge in [0.2, 0.25) is 5.78 Å². The largest absolute Gasteiger partial charge is 0.872 e. The van der Waals surface area contributed by atoms with Gasteiger partial charge in [-0.2, -0.15) is 0 Å². The number of quaternary nitrogens is 1. The Morgan fingerprint density at radius 2 is 1.68 bits per heavy atom. The summed E-state index contributed by atoms with van der Waals surface area (Å²) in [7, 11) is 1.54. The Kier molecular flexibility index (Phi) is 7.36. The molecule has 0 bridgehead atoms. The van der Waals surface area contributed by atoms with Crippen molar-refractivity contribution in [3.05, 3.63) is 70.3 Å². The summed E-state index contributed by atoms with van der Waals surface area (Å²) in [5, 5.41) is 13.9. The van der Waals surface area contributed by atoms with Crippen LogP contribution in [0.5, 0.6) is 5.75 Å². The maximum atomic E-state index is 13.3. The number of amides is 1. The number of rotatable bonds is 8. The standard InChI is InChI=1S/C24H27ClN2O4/c1-4-26(5-2)14-15-27-21(16-6-10-18(25)11-7-16)20(23(29)24(27)30)22(28)17-8-12-19(31-3)13-9-17/h6-13,21,28H,4-5,14-15H2,1-3H3/b22-20+. The summed E-state index contributed by atoms with van der Waals surface area (Å²) in [5.41, 5.74) is 1.01. The molecule has 0 aromatic heterocycles. The third kappa shape index (κ3) is 4.75. The number of likely N-dealkylation sites (tertiary alicyclic amines) is 1. The van der Waals surface area contributed by atoms with Gasteiger partial charge in [0.15, 0.2) is 0 Å². The van der Waals surface area contributed by atoms with Crippen LogP contribution in [0.1, 0.15) is 31.0 Å². The molecule has 1 fully saturated rings. The molecule has 1 unspecified atom stereocenters. The average molecular weight is 443 g/mol. The maximum absolute atomic E-state index is 13.3. The van der Waals surface area contributed by atoms with Crippen LogP contribution in [0, 0.1) is 0 Å². The number of Topliss-reactive ketones (excluding diaryl/α,β-unsaturated/α-hetero) is 1. The van der Waals surface area contributed by atoms with Crippen molar-refractivity contribution in [2.24, 2.45) is 0 Å². The molecule has 0 radical (unpaired) electrons. The summed E-state index contributed by atoms with van der Waals surface area (Å²) in [6, 6.07) is 12.7. The fourth-order valence-corrected chi connectivity index (χ4v) is 4.00. The Hall–Kier alpha value is -2.83. The fourth-order valence-electron chi connectivity index (χ4n) is 3.87. The van der Waals surface area contributed by atoms with Crippen molar-refractivity contribution in [3.8, 4) is 5.75 Å². The minimum Gasteiger partial charge on any atom is -0.872 e. The van der Waals surface area contributed by atoms with E-state index in [0.717, 1.165) is 13.1 Å². The number of ether oxygens (including phenoxy) is 1. The van der Waals surface area contributed by atoms with Crippen LogP contribution < -0.4 is 14.7 Å². The van der Waals surface area contributed by atoms with E-state index in [1.54, 1.807) is 48.5 Å². The molecule has 1 aliphatic rings. The lowest BCUT2D eigenvalue weighted by Gasteiger charge is -2.28. The highest BCUT2D eigenvalue weighted by atomic mass is 35.5. The number of nitrogens with zero attached hydrogens (tertiary/aromatic N) is 1. The van der Waals surface area contributed by atoms with Crippen LogP contribution in [0.4, 0.5) is 0 Å². The van der Waals surface area contributed by atoms with E-state index < -0.39 is 23.5 Å². The van der Waals surface area contributed by atoms with Gasteiger partial charge in [0, 0.05) is 10.6 Å². The molecule has 0 aliphatic carbocycles. The molecule has 1 amide bonds. The van der Waals surface area contributed by atoms with Crippen LogP contribution in [0.3, 0.4) is 0 Å². The quantitative estimate of drug-likeness (QED) is 0.382. The normalized spacial score (nSPS) is 18.1. The Morgan fingerprint density at radius 1 is 1.06 bits per heavy atom. The predicted molar refractivity (Wildman–Crippen MR) is 118 cm³/mol. The molecule has 6 nitrogen and oxygen atoms in total. The molecule has 1 N–H and O–H groups in total. The summed E-state index contributed by atoms with van der Waals surface area (Å²) in [6.45, 7) is 7.07. The van der Waals surface area contributed by atoms with Gasteiger partial charge < -0.3 is 19.6 Å². The second-order valence-corrected chi connectivity index (χ2v) is 7.90. The van der Waals surface area contributed by atoms with Gasteiger partial charge in [-0.25, -0.2) is 0 Å². The number of halogens is 1. The molecule has 0 saturated carbocycles. The maximum Gasteiger partial charge on any atom is 0.295 e. The minimum absolute atomic E-state index is 0.0213. The molecule has 2 aromatic rings. The van der Waals surface area contributed by atoms with E-state index in [-0.39, 0.29) is 5.57 Å². The molecule has 1 atom stereocenters. The molecule has 1 heterocycles. The average Bonchev–Trinajstić information content (AvgIpc) is 3.05. The van der Waals surface area contributed by atoms with Crippen molar-refractivity contribution in [2.45, 2.75) is 19.9 Å². The van der Waals surface area contributed by atoms with Gasteiger partial charge in [-0.15, -0.1) is 0 Å². The number of benzene rings is 2. The number of ketones is 1. The van der Waals surface area contributed by atoms with Crippen molar-refractivity contribution in [2.75, 3.05) is 33.3 Å². The minimum atomic E-state index is -0.740. The molecule has 0 spiro atoms. The third-order valence-electron chi connectivity index (χ3n) is 5.77. The number of methoxy groups -OCH3 is 1. The lowest BCUT2D eigenvalue weighted by molar-refractivity contribution is -0.895. The Morgan fingerprint density at radius 3 is 2.23 bits per heavy atom. The monoisotopic (exact) mass is 442 g/mol. The molecular weight excluding hydrogens is 416 g/mol. The summed E-state index contributed by atoms with van der Waals surface area (Å²) in [4.78, 5) is 28.8. The van der Waals surface area contributed by atoms with Crippen LogP contribution in [0.15, 0.2) is 54.1 Å². The highest BCUT2D eigenvalue weighted by Gasteiger charge is 2.44. The first kappa shape index (κ1) is 22.8. The van der Waals surface area contributed by atoms with E-state index in [4.69, 9.17) is 16.3 Å². The molecular formula is C24H27ClN2O4. The van der Waals surface area contributed by atoms with E-state index in [1.807, 2.05) is 0 Å². The molecule has 2 aromatic carbocycles.